The Bertz CT molecular complexity index is 1130. The molecule has 0 unspecified atom stereocenters. The maximum absolute atomic E-state index is 15.2. The topological polar surface area (TPSA) is 86.8 Å². The van der Waals surface area contributed by atoms with Crippen molar-refractivity contribution in [3.05, 3.63) is 53.8 Å². The monoisotopic (exact) mass is 527 g/mol. The average Bonchev–Trinajstić information content (AvgIpc) is 3.15. The largest absolute Gasteiger partial charge is 0.442 e. The molecule has 0 bridgehead atoms. The normalized spacial score (nSPS) is 20.8. The molecular weight excluding hydrogens is 493 g/mol. The fourth-order valence-corrected chi connectivity index (χ4v) is 4.91. The highest BCUT2D eigenvalue weighted by molar-refractivity contribution is 5.90. The molecule has 0 aliphatic carbocycles. The van der Waals surface area contributed by atoms with Crippen LogP contribution in [0.2, 0.25) is 0 Å². The number of cyclic esters (lactones) is 1. The third-order valence-electron chi connectivity index (χ3n) is 6.96. The van der Waals surface area contributed by atoms with E-state index in [9.17, 15) is 9.59 Å². The number of halogens is 1. The van der Waals surface area contributed by atoms with Crippen molar-refractivity contribution >= 4 is 29.1 Å². The Balaban J connectivity index is 1.16. The van der Waals surface area contributed by atoms with Crippen LogP contribution >= 0.6 is 0 Å². The van der Waals surface area contributed by atoms with Gasteiger partial charge in [-0.3, -0.25) is 14.5 Å². The molecule has 0 radical (unpaired) electrons. The summed E-state index contributed by atoms with van der Waals surface area (Å²) in [6.45, 7) is 8.06. The van der Waals surface area contributed by atoms with Gasteiger partial charge in [-0.1, -0.05) is 12.1 Å². The first-order valence-electron chi connectivity index (χ1n) is 13.0. The summed E-state index contributed by atoms with van der Waals surface area (Å²) >= 11 is 0. The number of amides is 2. The highest BCUT2D eigenvalue weighted by Gasteiger charge is 2.33. The molecule has 1 N–H and O–H groups in total. The van der Waals surface area contributed by atoms with Gasteiger partial charge in [-0.25, -0.2) is 9.18 Å². The van der Waals surface area contributed by atoms with E-state index in [-0.39, 0.29) is 19.0 Å². The van der Waals surface area contributed by atoms with Gasteiger partial charge < -0.3 is 24.6 Å². The van der Waals surface area contributed by atoms with Crippen LogP contribution in [0.4, 0.5) is 26.2 Å². The van der Waals surface area contributed by atoms with Gasteiger partial charge in [0.25, 0.3) is 0 Å². The number of anilines is 3. The van der Waals surface area contributed by atoms with Gasteiger partial charge in [-0.15, -0.1) is 0 Å². The number of hydroxylamine groups is 2. The molecule has 3 fully saturated rings. The van der Waals surface area contributed by atoms with Crippen LogP contribution in [0.15, 0.2) is 42.5 Å². The van der Waals surface area contributed by atoms with Crippen LogP contribution in [0.25, 0.3) is 0 Å². The van der Waals surface area contributed by atoms with Crippen LogP contribution in [0.3, 0.4) is 0 Å². The lowest BCUT2D eigenvalue weighted by Crippen LogP contribution is -2.36. The van der Waals surface area contributed by atoms with Crippen molar-refractivity contribution in [1.82, 2.24) is 10.4 Å². The molecule has 10 nitrogen and oxygen atoms in total. The zero-order valence-corrected chi connectivity index (χ0v) is 21.6. The van der Waals surface area contributed by atoms with Crippen molar-refractivity contribution in [3.63, 3.8) is 0 Å². The molecule has 204 valence electrons. The number of hydrogen-bond donors (Lipinski definition) is 1. The van der Waals surface area contributed by atoms with Gasteiger partial charge in [0.2, 0.25) is 5.91 Å². The lowest BCUT2D eigenvalue weighted by atomic mass is 10.2. The van der Waals surface area contributed by atoms with Crippen LogP contribution in [-0.4, -0.2) is 88.8 Å². The summed E-state index contributed by atoms with van der Waals surface area (Å²) in [7, 11) is 0. The molecule has 3 heterocycles. The first-order chi connectivity index (χ1) is 18.5. The number of rotatable bonds is 7. The number of nitrogens with one attached hydrogen (secondary N) is 1. The summed E-state index contributed by atoms with van der Waals surface area (Å²) in [4.78, 5) is 35.0. The van der Waals surface area contributed by atoms with Crippen LogP contribution in [0, 0.1) is 5.82 Å². The van der Waals surface area contributed by atoms with E-state index in [0.29, 0.717) is 44.2 Å². The number of hydrogen-bond acceptors (Lipinski definition) is 8. The maximum Gasteiger partial charge on any atom is 0.414 e. The Labute approximate surface area is 221 Å². The number of benzene rings is 2. The first kappa shape index (κ1) is 26.2. The minimum Gasteiger partial charge on any atom is -0.442 e. The van der Waals surface area contributed by atoms with Crippen molar-refractivity contribution < 1.29 is 28.3 Å². The molecule has 1 atom stereocenters. The number of carbonyl (C=O) groups is 2. The van der Waals surface area contributed by atoms with Crippen molar-refractivity contribution in [3.8, 4) is 0 Å². The first-order valence-corrected chi connectivity index (χ1v) is 13.0. The molecule has 2 aromatic carbocycles. The van der Waals surface area contributed by atoms with Gasteiger partial charge in [0.05, 0.1) is 44.3 Å². The molecule has 2 amide bonds. The van der Waals surface area contributed by atoms with E-state index >= 15 is 4.39 Å². The second-order valence-corrected chi connectivity index (χ2v) is 9.64. The summed E-state index contributed by atoms with van der Waals surface area (Å²) in [6.07, 6.45) is -1.03. The van der Waals surface area contributed by atoms with E-state index in [4.69, 9.17) is 14.3 Å². The van der Waals surface area contributed by atoms with Gasteiger partial charge in [0.15, 0.2) is 0 Å². The van der Waals surface area contributed by atoms with Gasteiger partial charge in [0, 0.05) is 51.9 Å². The third-order valence-corrected chi connectivity index (χ3v) is 6.96. The van der Waals surface area contributed by atoms with Crippen molar-refractivity contribution in [1.29, 1.82) is 0 Å². The Morgan fingerprint density at radius 3 is 2.45 bits per heavy atom. The smallest absolute Gasteiger partial charge is 0.414 e. The molecule has 3 aliphatic rings. The minimum atomic E-state index is -0.552. The average molecular weight is 528 g/mol. The van der Waals surface area contributed by atoms with E-state index < -0.39 is 18.0 Å². The van der Waals surface area contributed by atoms with Crippen LogP contribution in [0.1, 0.15) is 12.5 Å². The maximum atomic E-state index is 15.2. The van der Waals surface area contributed by atoms with Crippen molar-refractivity contribution in [2.24, 2.45) is 0 Å². The molecule has 0 spiro atoms. The number of morpholine rings is 1. The SMILES string of the molecule is CC(=O)NC[C@H]1CN(c2ccc(N3CCON(Cc4ccc(N5CCOCC5)cc4)CC3)c(F)c2)C(=O)O1. The fourth-order valence-electron chi connectivity index (χ4n) is 4.91. The van der Waals surface area contributed by atoms with Crippen molar-refractivity contribution in [2.45, 2.75) is 19.6 Å². The second-order valence-electron chi connectivity index (χ2n) is 9.64. The van der Waals surface area contributed by atoms with Crippen LogP contribution in [0.5, 0.6) is 0 Å². The predicted molar refractivity (Wildman–Crippen MR) is 141 cm³/mol. The fraction of sp³-hybridized carbons (Fsp3) is 0.481. The van der Waals surface area contributed by atoms with Crippen molar-refractivity contribution in [2.75, 3.05) is 80.3 Å². The Morgan fingerprint density at radius 2 is 1.71 bits per heavy atom. The summed E-state index contributed by atoms with van der Waals surface area (Å²) in [5.74, 6) is -0.607. The van der Waals surface area contributed by atoms with E-state index in [2.05, 4.69) is 34.5 Å². The van der Waals surface area contributed by atoms with Gasteiger partial charge in [0.1, 0.15) is 11.9 Å². The highest BCUT2D eigenvalue weighted by Crippen LogP contribution is 2.28. The predicted octanol–water partition coefficient (Wildman–Crippen LogP) is 2.38. The molecule has 0 saturated carbocycles. The summed E-state index contributed by atoms with van der Waals surface area (Å²) in [5.41, 5.74) is 3.25. The molecular formula is C27H34FN5O5. The zero-order chi connectivity index (χ0) is 26.5. The van der Waals surface area contributed by atoms with E-state index in [1.807, 2.05) is 9.96 Å². The molecule has 11 heteroatoms. The molecule has 5 rings (SSSR count). The van der Waals surface area contributed by atoms with Gasteiger partial charge >= 0.3 is 6.09 Å². The molecule has 0 aromatic heterocycles. The zero-order valence-electron chi connectivity index (χ0n) is 21.6. The van der Waals surface area contributed by atoms with Crippen LogP contribution in [-0.2, 0) is 25.7 Å². The number of carbonyl (C=O) groups excluding carboxylic acids is 2. The van der Waals surface area contributed by atoms with E-state index in [1.165, 1.54) is 23.6 Å². The molecule has 3 aliphatic heterocycles. The molecule has 3 saturated heterocycles. The van der Waals surface area contributed by atoms with Gasteiger partial charge in [-0.2, -0.15) is 5.06 Å². The number of nitrogens with zero attached hydrogens (tertiary/aromatic N) is 4. The molecule has 2 aromatic rings. The van der Waals surface area contributed by atoms with Crippen LogP contribution < -0.4 is 20.0 Å². The minimum absolute atomic E-state index is 0.198. The summed E-state index contributed by atoms with van der Waals surface area (Å²) in [6, 6.07) is 13.3. The summed E-state index contributed by atoms with van der Waals surface area (Å²) in [5, 5.41) is 4.56. The third kappa shape index (κ3) is 6.35. The Kier molecular flexibility index (Phi) is 8.26. The molecule has 38 heavy (non-hydrogen) atoms. The van der Waals surface area contributed by atoms with Gasteiger partial charge in [-0.05, 0) is 35.9 Å². The lowest BCUT2D eigenvalue weighted by molar-refractivity contribution is -0.154. The Morgan fingerprint density at radius 1 is 0.974 bits per heavy atom. The van der Waals surface area contributed by atoms with E-state index in [0.717, 1.165) is 31.9 Å². The highest BCUT2D eigenvalue weighted by atomic mass is 19.1. The standard InChI is InChI=1S/C27H34FN5O5/c1-20(34)29-17-24-19-33(27(35)38-24)23-6-7-26(25(28)16-23)31-8-9-32(37-15-12-31)18-21-2-4-22(5-3-21)30-10-13-36-14-11-30/h2-7,16,24H,8-15,17-19H2,1H3,(H,29,34)/t24-/m0/s1. The Hall–Kier alpha value is -3.41. The van der Waals surface area contributed by atoms with E-state index in [1.54, 1.807) is 12.1 Å². The number of ether oxygens (including phenoxy) is 2. The summed E-state index contributed by atoms with van der Waals surface area (Å²) < 4.78 is 25.9. The quantitative estimate of drug-likeness (QED) is 0.588. The lowest BCUT2D eigenvalue weighted by Gasteiger charge is -2.29. The second kappa shape index (κ2) is 12.0.